The normalized spacial score (nSPS) is 11.8. The summed E-state index contributed by atoms with van der Waals surface area (Å²) in [6.45, 7) is 6.63. The molecule has 4 aromatic rings. The first-order valence-electron chi connectivity index (χ1n) is 8.58. The summed E-state index contributed by atoms with van der Waals surface area (Å²) < 4.78 is 6.19. The first kappa shape index (κ1) is 15.6. The summed E-state index contributed by atoms with van der Waals surface area (Å²) in [5.41, 5.74) is 6.30. The monoisotopic (exact) mass is 327 g/mol. The number of aromatic nitrogens is 1. The molecule has 0 bridgehead atoms. The van der Waals surface area contributed by atoms with Crippen LogP contribution < -0.4 is 0 Å². The molecule has 0 aliphatic carbocycles. The second-order valence-electron chi connectivity index (χ2n) is 7.37. The van der Waals surface area contributed by atoms with Crippen molar-refractivity contribution in [3.8, 4) is 22.6 Å². The number of rotatable bonds is 2. The molecule has 0 aliphatic rings. The number of hydrogen-bond acceptors (Lipinski definition) is 2. The largest absolute Gasteiger partial charge is 0.436 e. The van der Waals surface area contributed by atoms with E-state index in [1.165, 1.54) is 16.7 Å². The Labute approximate surface area is 148 Å². The highest BCUT2D eigenvalue weighted by Gasteiger charge is 2.22. The lowest BCUT2D eigenvalue weighted by atomic mass is 9.84. The minimum Gasteiger partial charge on any atom is -0.436 e. The molecule has 2 nitrogen and oxygen atoms in total. The molecule has 0 spiro atoms. The number of oxazole rings is 1. The molecule has 25 heavy (non-hydrogen) atoms. The van der Waals surface area contributed by atoms with E-state index in [1.807, 2.05) is 36.4 Å². The summed E-state index contributed by atoms with van der Waals surface area (Å²) in [5, 5.41) is 0. The van der Waals surface area contributed by atoms with Crippen LogP contribution in [0.3, 0.4) is 0 Å². The Morgan fingerprint density at radius 2 is 1.32 bits per heavy atom. The van der Waals surface area contributed by atoms with Crippen molar-refractivity contribution in [3.63, 3.8) is 0 Å². The van der Waals surface area contributed by atoms with E-state index in [0.29, 0.717) is 5.89 Å². The SMILES string of the molecule is CC(C)(C)c1cc(-c2ccccc2)cc2nc(-c3ccccc3)oc12. The quantitative estimate of drug-likeness (QED) is 0.422. The zero-order chi connectivity index (χ0) is 17.4. The van der Waals surface area contributed by atoms with Crippen LogP contribution in [0.4, 0.5) is 0 Å². The summed E-state index contributed by atoms with van der Waals surface area (Å²) >= 11 is 0. The molecule has 3 aromatic carbocycles. The minimum absolute atomic E-state index is 0.0312. The average Bonchev–Trinajstić information content (AvgIpc) is 3.05. The van der Waals surface area contributed by atoms with Crippen LogP contribution in [-0.2, 0) is 5.41 Å². The van der Waals surface area contributed by atoms with Crippen molar-refractivity contribution in [2.75, 3.05) is 0 Å². The summed E-state index contributed by atoms with van der Waals surface area (Å²) in [6.07, 6.45) is 0. The van der Waals surface area contributed by atoms with Crippen LogP contribution in [0.25, 0.3) is 33.7 Å². The van der Waals surface area contributed by atoms with Crippen LogP contribution in [-0.4, -0.2) is 4.98 Å². The molecule has 1 heterocycles. The predicted octanol–water partition coefficient (Wildman–Crippen LogP) is 6.46. The standard InChI is InChI=1S/C23H21NO/c1-23(2,3)19-14-18(16-10-6-4-7-11-16)15-20-21(19)25-22(24-20)17-12-8-5-9-13-17/h4-15H,1-3H3. The minimum atomic E-state index is -0.0312. The topological polar surface area (TPSA) is 26.0 Å². The Bertz CT molecular complexity index is 1010. The van der Waals surface area contributed by atoms with Crippen LogP contribution in [0.5, 0.6) is 0 Å². The van der Waals surface area contributed by atoms with Crippen molar-refractivity contribution in [1.29, 1.82) is 0 Å². The summed E-state index contributed by atoms with van der Waals surface area (Å²) in [4.78, 5) is 4.78. The van der Waals surface area contributed by atoms with Crippen LogP contribution in [0.2, 0.25) is 0 Å². The van der Waals surface area contributed by atoms with Gasteiger partial charge in [-0.1, -0.05) is 69.3 Å². The van der Waals surface area contributed by atoms with Gasteiger partial charge in [-0.2, -0.15) is 0 Å². The van der Waals surface area contributed by atoms with Crippen LogP contribution in [0, 0.1) is 0 Å². The molecule has 0 unspecified atom stereocenters. The van der Waals surface area contributed by atoms with Gasteiger partial charge in [0.15, 0.2) is 5.58 Å². The smallest absolute Gasteiger partial charge is 0.227 e. The van der Waals surface area contributed by atoms with Gasteiger partial charge >= 0.3 is 0 Å². The van der Waals surface area contributed by atoms with Gasteiger partial charge in [0.25, 0.3) is 0 Å². The molecule has 2 heteroatoms. The van der Waals surface area contributed by atoms with Gasteiger partial charge in [0, 0.05) is 11.1 Å². The maximum absolute atomic E-state index is 6.19. The molecular formula is C23H21NO. The van der Waals surface area contributed by atoms with Crippen LogP contribution >= 0.6 is 0 Å². The van der Waals surface area contributed by atoms with E-state index in [4.69, 9.17) is 9.40 Å². The summed E-state index contributed by atoms with van der Waals surface area (Å²) in [5.74, 6) is 0.673. The van der Waals surface area contributed by atoms with Crippen LogP contribution in [0.1, 0.15) is 26.3 Å². The third-order valence-corrected chi connectivity index (χ3v) is 4.43. The van der Waals surface area contributed by atoms with Crippen molar-refractivity contribution in [1.82, 2.24) is 4.98 Å². The number of nitrogens with zero attached hydrogens (tertiary/aromatic N) is 1. The molecule has 1 aromatic heterocycles. The average molecular weight is 327 g/mol. The molecule has 0 fully saturated rings. The molecule has 124 valence electrons. The Balaban J connectivity index is 1.97. The zero-order valence-electron chi connectivity index (χ0n) is 14.8. The highest BCUT2D eigenvalue weighted by molar-refractivity contribution is 5.86. The molecule has 0 radical (unpaired) electrons. The fourth-order valence-corrected chi connectivity index (χ4v) is 3.09. The molecular weight excluding hydrogens is 306 g/mol. The van der Waals surface area contributed by atoms with Gasteiger partial charge in [0.1, 0.15) is 5.52 Å². The molecule has 0 saturated heterocycles. The van der Waals surface area contributed by atoms with E-state index >= 15 is 0 Å². The van der Waals surface area contributed by atoms with Gasteiger partial charge < -0.3 is 4.42 Å². The maximum Gasteiger partial charge on any atom is 0.227 e. The van der Waals surface area contributed by atoms with Crippen molar-refractivity contribution in [2.45, 2.75) is 26.2 Å². The van der Waals surface area contributed by atoms with Crippen molar-refractivity contribution >= 4 is 11.1 Å². The van der Waals surface area contributed by atoms with Crippen molar-refractivity contribution in [3.05, 3.63) is 78.4 Å². The lowest BCUT2D eigenvalue weighted by Gasteiger charge is -2.20. The van der Waals surface area contributed by atoms with Gasteiger partial charge in [0.05, 0.1) is 0 Å². The Morgan fingerprint density at radius 1 is 0.720 bits per heavy atom. The summed E-state index contributed by atoms with van der Waals surface area (Å²) in [6, 6.07) is 24.8. The predicted molar refractivity (Wildman–Crippen MR) is 104 cm³/mol. The number of hydrogen-bond donors (Lipinski definition) is 0. The van der Waals surface area contributed by atoms with E-state index in [2.05, 4.69) is 57.2 Å². The third-order valence-electron chi connectivity index (χ3n) is 4.43. The van der Waals surface area contributed by atoms with Gasteiger partial charge in [-0.25, -0.2) is 4.98 Å². The van der Waals surface area contributed by atoms with Gasteiger partial charge in [-0.3, -0.25) is 0 Å². The van der Waals surface area contributed by atoms with Crippen molar-refractivity contribution < 1.29 is 4.42 Å². The highest BCUT2D eigenvalue weighted by Crippen LogP contribution is 2.36. The Kier molecular flexibility index (Phi) is 3.69. The second-order valence-corrected chi connectivity index (χ2v) is 7.37. The van der Waals surface area contributed by atoms with Gasteiger partial charge in [-0.05, 0) is 40.8 Å². The van der Waals surface area contributed by atoms with Gasteiger partial charge in [0.2, 0.25) is 5.89 Å². The van der Waals surface area contributed by atoms with E-state index in [9.17, 15) is 0 Å². The second kappa shape index (κ2) is 5.89. The fourth-order valence-electron chi connectivity index (χ4n) is 3.09. The molecule has 0 saturated carbocycles. The van der Waals surface area contributed by atoms with Crippen LogP contribution in [0.15, 0.2) is 77.2 Å². The molecule has 4 rings (SSSR count). The first-order valence-corrected chi connectivity index (χ1v) is 8.58. The number of fused-ring (bicyclic) bond motifs is 1. The fraction of sp³-hybridized carbons (Fsp3) is 0.174. The molecule has 0 atom stereocenters. The van der Waals surface area contributed by atoms with E-state index in [1.54, 1.807) is 0 Å². The van der Waals surface area contributed by atoms with Gasteiger partial charge in [-0.15, -0.1) is 0 Å². The van der Waals surface area contributed by atoms with Crippen molar-refractivity contribution in [2.24, 2.45) is 0 Å². The highest BCUT2D eigenvalue weighted by atomic mass is 16.3. The molecule has 0 aliphatic heterocycles. The zero-order valence-corrected chi connectivity index (χ0v) is 14.8. The first-order chi connectivity index (χ1) is 12.0. The third kappa shape index (κ3) is 2.96. The van der Waals surface area contributed by atoms with E-state index < -0.39 is 0 Å². The maximum atomic E-state index is 6.19. The summed E-state index contributed by atoms with van der Waals surface area (Å²) in [7, 11) is 0. The Hall–Kier alpha value is -2.87. The lowest BCUT2D eigenvalue weighted by Crippen LogP contribution is -2.11. The van der Waals surface area contributed by atoms with E-state index in [0.717, 1.165) is 16.7 Å². The van der Waals surface area contributed by atoms with E-state index in [-0.39, 0.29) is 5.41 Å². The molecule has 0 N–H and O–H groups in total. The molecule has 0 amide bonds. The Morgan fingerprint density at radius 3 is 1.92 bits per heavy atom. The lowest BCUT2D eigenvalue weighted by molar-refractivity contribution is 0.561. The number of benzene rings is 3.